The molecule has 3 N–H and O–H groups in total. The molecule has 0 amide bonds. The first-order valence-electron chi connectivity index (χ1n) is 11.8. The van der Waals surface area contributed by atoms with E-state index in [9.17, 15) is 0 Å². The van der Waals surface area contributed by atoms with Crippen LogP contribution in [0.25, 0.3) is 21.5 Å². The van der Waals surface area contributed by atoms with E-state index in [0.29, 0.717) is 22.0 Å². The van der Waals surface area contributed by atoms with Crippen LogP contribution in [0.3, 0.4) is 0 Å². The van der Waals surface area contributed by atoms with Crippen LogP contribution in [0.4, 0.5) is 11.4 Å². The Balaban J connectivity index is 1.42. The third kappa shape index (κ3) is 4.39. The van der Waals surface area contributed by atoms with Gasteiger partial charge in [0.15, 0.2) is 11.8 Å². The van der Waals surface area contributed by atoms with Crippen LogP contribution in [0.2, 0.25) is 5.02 Å². The lowest BCUT2D eigenvalue weighted by atomic mass is 10.0. The molecule has 6 nitrogen and oxygen atoms in total. The van der Waals surface area contributed by atoms with Crippen molar-refractivity contribution in [2.24, 2.45) is 10.2 Å². The molecule has 0 radical (unpaired) electrons. The molecule has 0 bridgehead atoms. The van der Waals surface area contributed by atoms with Crippen LogP contribution in [-0.4, -0.2) is 17.3 Å². The zero-order valence-corrected chi connectivity index (χ0v) is 20.4. The SMILES string of the molecule is N=C1OC(c2ccccc2Cl)C(=N\Nc2cccc3ccccc23)/C1=N/Nc1cccc2ccccc12. The van der Waals surface area contributed by atoms with E-state index in [1.165, 1.54) is 0 Å². The highest BCUT2D eigenvalue weighted by Crippen LogP contribution is 2.33. The first-order valence-corrected chi connectivity index (χ1v) is 12.2. The van der Waals surface area contributed by atoms with Crippen molar-refractivity contribution >= 4 is 61.8 Å². The van der Waals surface area contributed by atoms with Gasteiger partial charge in [-0.05, 0) is 29.0 Å². The minimum Gasteiger partial charge on any atom is -0.461 e. The molecule has 1 saturated heterocycles. The van der Waals surface area contributed by atoms with Gasteiger partial charge >= 0.3 is 0 Å². The Labute approximate surface area is 218 Å². The molecule has 5 aromatic carbocycles. The van der Waals surface area contributed by atoms with Gasteiger partial charge in [-0.15, -0.1) is 0 Å². The van der Waals surface area contributed by atoms with Gasteiger partial charge in [-0.2, -0.15) is 10.2 Å². The van der Waals surface area contributed by atoms with E-state index in [-0.39, 0.29) is 5.90 Å². The monoisotopic (exact) mass is 503 g/mol. The molecule has 180 valence electrons. The van der Waals surface area contributed by atoms with Crippen molar-refractivity contribution in [2.75, 3.05) is 10.9 Å². The van der Waals surface area contributed by atoms with E-state index >= 15 is 0 Å². The van der Waals surface area contributed by atoms with Crippen LogP contribution in [0.15, 0.2) is 119 Å². The Hall–Kier alpha value is -4.68. The fourth-order valence-corrected chi connectivity index (χ4v) is 4.71. The van der Waals surface area contributed by atoms with Gasteiger partial charge in [0.25, 0.3) is 0 Å². The van der Waals surface area contributed by atoms with Gasteiger partial charge in [0.05, 0.1) is 11.4 Å². The zero-order valence-electron chi connectivity index (χ0n) is 19.7. The molecular weight excluding hydrogens is 482 g/mol. The van der Waals surface area contributed by atoms with Crippen molar-refractivity contribution < 1.29 is 4.74 Å². The summed E-state index contributed by atoms with van der Waals surface area (Å²) >= 11 is 6.52. The van der Waals surface area contributed by atoms with Gasteiger partial charge in [0.2, 0.25) is 5.90 Å². The van der Waals surface area contributed by atoms with Crippen LogP contribution in [0.5, 0.6) is 0 Å². The maximum absolute atomic E-state index is 8.58. The van der Waals surface area contributed by atoms with E-state index in [0.717, 1.165) is 32.9 Å². The Kier molecular flexibility index (Phi) is 6.00. The van der Waals surface area contributed by atoms with Crippen molar-refractivity contribution in [3.8, 4) is 0 Å². The number of rotatable bonds is 5. The first-order chi connectivity index (χ1) is 18.2. The van der Waals surface area contributed by atoms with Crippen LogP contribution in [0, 0.1) is 5.41 Å². The van der Waals surface area contributed by atoms with Gasteiger partial charge in [-0.3, -0.25) is 16.3 Å². The van der Waals surface area contributed by atoms with Crippen LogP contribution < -0.4 is 10.9 Å². The van der Waals surface area contributed by atoms with Gasteiger partial charge in [-0.1, -0.05) is 103 Å². The second-order valence-corrected chi connectivity index (χ2v) is 8.99. The largest absolute Gasteiger partial charge is 0.461 e. The number of hydrogen-bond donors (Lipinski definition) is 3. The maximum atomic E-state index is 8.58. The summed E-state index contributed by atoms with van der Waals surface area (Å²) in [7, 11) is 0. The topological polar surface area (TPSA) is 81.9 Å². The Morgan fingerprint density at radius 2 is 1.19 bits per heavy atom. The van der Waals surface area contributed by atoms with Gasteiger partial charge in [-0.25, -0.2) is 0 Å². The predicted molar refractivity (Wildman–Crippen MR) is 153 cm³/mol. The van der Waals surface area contributed by atoms with Gasteiger partial charge in [0, 0.05) is 21.4 Å². The lowest BCUT2D eigenvalue weighted by Crippen LogP contribution is -2.20. The lowest BCUT2D eigenvalue weighted by Gasteiger charge is -2.13. The highest BCUT2D eigenvalue weighted by atomic mass is 35.5. The molecule has 0 saturated carbocycles. The molecule has 0 aliphatic carbocycles. The Morgan fingerprint density at radius 3 is 1.84 bits per heavy atom. The molecule has 1 atom stereocenters. The second kappa shape index (κ2) is 9.76. The van der Waals surface area contributed by atoms with E-state index in [4.69, 9.17) is 26.8 Å². The van der Waals surface area contributed by atoms with Crippen molar-refractivity contribution in [2.45, 2.75) is 6.10 Å². The number of hydrazone groups is 2. The average Bonchev–Trinajstić information content (AvgIpc) is 3.25. The number of fused-ring (bicyclic) bond motifs is 2. The molecule has 1 aliphatic heterocycles. The highest BCUT2D eigenvalue weighted by molar-refractivity contribution is 6.70. The van der Waals surface area contributed by atoms with Crippen molar-refractivity contribution in [3.63, 3.8) is 0 Å². The third-order valence-corrected chi connectivity index (χ3v) is 6.64. The number of ether oxygens (including phenoxy) is 1. The number of nitrogens with one attached hydrogen (secondary N) is 3. The lowest BCUT2D eigenvalue weighted by molar-refractivity contribution is 0.275. The molecule has 0 aromatic heterocycles. The van der Waals surface area contributed by atoms with Crippen molar-refractivity contribution in [3.05, 3.63) is 120 Å². The number of benzene rings is 5. The minimum absolute atomic E-state index is 0.0869. The summed E-state index contributed by atoms with van der Waals surface area (Å²) in [4.78, 5) is 0. The highest BCUT2D eigenvalue weighted by Gasteiger charge is 2.38. The molecular formula is C30H22ClN5O. The molecule has 7 heteroatoms. The normalized spacial score (nSPS) is 17.4. The van der Waals surface area contributed by atoms with Crippen LogP contribution in [0.1, 0.15) is 11.7 Å². The fourth-order valence-electron chi connectivity index (χ4n) is 4.47. The summed E-state index contributed by atoms with van der Waals surface area (Å²) in [6.45, 7) is 0. The van der Waals surface area contributed by atoms with E-state index in [1.54, 1.807) is 6.07 Å². The summed E-state index contributed by atoms with van der Waals surface area (Å²) in [5, 5.41) is 22.7. The van der Waals surface area contributed by atoms with E-state index in [1.807, 2.05) is 91.0 Å². The van der Waals surface area contributed by atoms with E-state index in [2.05, 4.69) is 28.1 Å². The van der Waals surface area contributed by atoms with Crippen LogP contribution in [-0.2, 0) is 4.74 Å². The first kappa shape index (κ1) is 22.8. The molecule has 5 aromatic rings. The summed E-state index contributed by atoms with van der Waals surface area (Å²) in [6, 6.07) is 35.5. The van der Waals surface area contributed by atoms with Gasteiger partial charge < -0.3 is 4.74 Å². The number of anilines is 2. The summed E-state index contributed by atoms with van der Waals surface area (Å²) < 4.78 is 5.96. The number of halogens is 1. The predicted octanol–water partition coefficient (Wildman–Crippen LogP) is 7.63. The average molecular weight is 504 g/mol. The number of nitrogens with zero attached hydrogens (tertiary/aromatic N) is 2. The smallest absolute Gasteiger partial charge is 0.237 e. The van der Waals surface area contributed by atoms with Gasteiger partial charge in [0.1, 0.15) is 5.71 Å². The zero-order chi connectivity index (χ0) is 25.2. The minimum atomic E-state index is -0.684. The quantitative estimate of drug-likeness (QED) is 0.216. The molecule has 0 spiro atoms. The summed E-state index contributed by atoms with van der Waals surface area (Å²) in [5.41, 5.74) is 9.44. The Bertz CT molecular complexity index is 1700. The molecule has 37 heavy (non-hydrogen) atoms. The number of hydrogen-bond acceptors (Lipinski definition) is 6. The second-order valence-electron chi connectivity index (χ2n) is 8.58. The summed E-state index contributed by atoms with van der Waals surface area (Å²) in [6.07, 6.45) is -0.684. The molecule has 1 fully saturated rings. The molecule has 1 unspecified atom stereocenters. The van der Waals surface area contributed by atoms with Crippen molar-refractivity contribution in [1.29, 1.82) is 5.41 Å². The molecule has 1 aliphatic rings. The van der Waals surface area contributed by atoms with Crippen LogP contribution >= 0.6 is 11.6 Å². The third-order valence-electron chi connectivity index (χ3n) is 6.29. The molecule has 1 heterocycles. The maximum Gasteiger partial charge on any atom is 0.237 e. The summed E-state index contributed by atoms with van der Waals surface area (Å²) in [5.74, 6) is -0.0869. The van der Waals surface area contributed by atoms with Crippen molar-refractivity contribution in [1.82, 2.24) is 0 Å². The Morgan fingerprint density at radius 1 is 0.649 bits per heavy atom. The standard InChI is InChI=1S/C30H22ClN5O/c31-24-16-6-5-15-23(24)29-27(35-33-25-17-7-11-19-9-1-3-13-21(19)25)28(30(32)37-29)36-34-26-18-8-12-20-10-2-4-14-22(20)26/h1-18,29,32-34H/b32-30?,35-27-,36-28-. The van der Waals surface area contributed by atoms with E-state index < -0.39 is 6.10 Å². The molecule has 6 rings (SSSR count). The fraction of sp³-hybridized carbons (Fsp3) is 0.0333.